The molecule has 2 aromatic carbocycles. The van der Waals surface area contributed by atoms with E-state index in [1.54, 1.807) is 6.20 Å². The zero-order valence-electron chi connectivity index (χ0n) is 27.1. The number of amides is 1. The number of nitrogens with one attached hydrogen (secondary N) is 1. The molecule has 0 bridgehead atoms. The third-order valence-corrected chi connectivity index (χ3v) is 9.42. The van der Waals surface area contributed by atoms with Crippen molar-refractivity contribution < 1.29 is 4.79 Å². The Bertz CT molecular complexity index is 1850. The Morgan fingerprint density at radius 2 is 1.72 bits per heavy atom. The summed E-state index contributed by atoms with van der Waals surface area (Å²) < 4.78 is 2.14. The molecule has 238 valence electrons. The molecule has 2 aliphatic rings. The fourth-order valence-corrected chi connectivity index (χ4v) is 6.82. The van der Waals surface area contributed by atoms with E-state index in [0.29, 0.717) is 24.2 Å². The van der Waals surface area contributed by atoms with Crippen LogP contribution in [0.15, 0.2) is 73.1 Å². The largest absolute Gasteiger partial charge is 0.382 e. The standard InChI is InChI=1S/C37H44N8O/c1-37(2,3)24-32(46)44-19-17-43(18-20-44)15-13-39-29-21-28(22-29)36-42-33(34-35(38)40-14-16-45(34)36)27-10-9-26-11-12-30(41-31(26)23-27)25-7-5-4-6-8-25/h4-12,14,16,23,28-29,39H,13,15,17-22,24H2,1-3H3,(H2,38,40). The summed E-state index contributed by atoms with van der Waals surface area (Å²) in [6.07, 6.45) is 6.43. The number of nitrogens with zero attached hydrogens (tertiary/aromatic N) is 6. The molecule has 1 saturated heterocycles. The van der Waals surface area contributed by atoms with Crippen molar-refractivity contribution in [1.82, 2.24) is 34.5 Å². The van der Waals surface area contributed by atoms with Crippen molar-refractivity contribution in [2.75, 3.05) is 45.0 Å². The van der Waals surface area contributed by atoms with Crippen molar-refractivity contribution in [3.8, 4) is 22.5 Å². The molecule has 46 heavy (non-hydrogen) atoms. The smallest absolute Gasteiger partial charge is 0.223 e. The minimum atomic E-state index is 0.0353. The van der Waals surface area contributed by atoms with Gasteiger partial charge in [-0.3, -0.25) is 14.1 Å². The minimum absolute atomic E-state index is 0.0353. The second-order valence-electron chi connectivity index (χ2n) is 14.1. The molecule has 3 N–H and O–H groups in total. The molecule has 1 aliphatic carbocycles. The number of carbonyl (C=O) groups is 1. The first-order valence-electron chi connectivity index (χ1n) is 16.5. The Kier molecular flexibility index (Phi) is 8.21. The number of hydrogen-bond acceptors (Lipinski definition) is 7. The van der Waals surface area contributed by atoms with Gasteiger partial charge >= 0.3 is 0 Å². The van der Waals surface area contributed by atoms with Gasteiger partial charge in [-0.2, -0.15) is 0 Å². The number of benzene rings is 2. The SMILES string of the molecule is CC(C)(C)CC(=O)N1CCN(CCNC2CC(c3nc(-c4ccc5ccc(-c6ccccc6)nc5c4)c4c(N)nccn34)C2)CC1. The van der Waals surface area contributed by atoms with Crippen LogP contribution in [-0.2, 0) is 4.79 Å². The molecular weight excluding hydrogens is 572 g/mol. The fourth-order valence-electron chi connectivity index (χ4n) is 6.82. The maximum absolute atomic E-state index is 12.6. The van der Waals surface area contributed by atoms with Gasteiger partial charge in [0.2, 0.25) is 5.91 Å². The third kappa shape index (κ3) is 6.34. The van der Waals surface area contributed by atoms with Crippen LogP contribution >= 0.6 is 0 Å². The molecule has 0 spiro atoms. The maximum atomic E-state index is 12.6. The minimum Gasteiger partial charge on any atom is -0.382 e. The van der Waals surface area contributed by atoms with Gasteiger partial charge in [0, 0.05) is 86.6 Å². The molecule has 3 aromatic heterocycles. The van der Waals surface area contributed by atoms with Gasteiger partial charge in [-0.05, 0) is 30.4 Å². The lowest BCUT2D eigenvalue weighted by molar-refractivity contribution is -0.134. The Labute approximate surface area is 270 Å². The van der Waals surface area contributed by atoms with E-state index in [-0.39, 0.29) is 11.3 Å². The van der Waals surface area contributed by atoms with Crippen LogP contribution in [0.3, 0.4) is 0 Å². The number of pyridine rings is 1. The summed E-state index contributed by atoms with van der Waals surface area (Å²) in [7, 11) is 0. The van der Waals surface area contributed by atoms with E-state index in [2.05, 4.69) is 82.8 Å². The Morgan fingerprint density at radius 1 is 0.957 bits per heavy atom. The summed E-state index contributed by atoms with van der Waals surface area (Å²) in [5.74, 6) is 2.16. The highest BCUT2D eigenvalue weighted by atomic mass is 16.2. The molecule has 9 nitrogen and oxygen atoms in total. The van der Waals surface area contributed by atoms with Gasteiger partial charge in [0.1, 0.15) is 22.9 Å². The zero-order valence-corrected chi connectivity index (χ0v) is 27.1. The van der Waals surface area contributed by atoms with Crippen LogP contribution in [0.25, 0.3) is 38.9 Å². The number of nitrogen functional groups attached to an aromatic ring is 1. The fraction of sp³-hybridized carbons (Fsp3) is 0.405. The average Bonchev–Trinajstić information content (AvgIpc) is 3.42. The lowest BCUT2D eigenvalue weighted by Gasteiger charge is -2.38. The molecule has 0 atom stereocenters. The van der Waals surface area contributed by atoms with E-state index < -0.39 is 0 Å². The Hall–Kier alpha value is -4.34. The van der Waals surface area contributed by atoms with Crippen molar-refractivity contribution in [2.24, 2.45) is 5.41 Å². The highest BCUT2D eigenvalue weighted by molar-refractivity contribution is 5.91. The molecule has 9 heteroatoms. The van der Waals surface area contributed by atoms with Crippen molar-refractivity contribution in [3.63, 3.8) is 0 Å². The van der Waals surface area contributed by atoms with Crippen LogP contribution in [0, 0.1) is 5.41 Å². The van der Waals surface area contributed by atoms with Gasteiger partial charge in [-0.1, -0.05) is 69.3 Å². The van der Waals surface area contributed by atoms with Gasteiger partial charge < -0.3 is 16.0 Å². The van der Waals surface area contributed by atoms with E-state index in [1.807, 2.05) is 29.3 Å². The monoisotopic (exact) mass is 616 g/mol. The quantitative estimate of drug-likeness (QED) is 0.234. The Morgan fingerprint density at radius 3 is 2.48 bits per heavy atom. The van der Waals surface area contributed by atoms with Crippen molar-refractivity contribution >= 4 is 28.1 Å². The van der Waals surface area contributed by atoms with Crippen molar-refractivity contribution in [2.45, 2.75) is 52.0 Å². The molecular formula is C37H44N8O. The summed E-state index contributed by atoms with van der Waals surface area (Å²) in [4.78, 5) is 31.7. The highest BCUT2D eigenvalue weighted by Gasteiger charge is 2.34. The van der Waals surface area contributed by atoms with Gasteiger partial charge in [-0.15, -0.1) is 0 Å². The van der Waals surface area contributed by atoms with Crippen molar-refractivity contribution in [1.29, 1.82) is 0 Å². The summed E-state index contributed by atoms with van der Waals surface area (Å²) in [5, 5.41) is 4.85. The van der Waals surface area contributed by atoms with Gasteiger partial charge in [0.15, 0.2) is 0 Å². The van der Waals surface area contributed by atoms with Gasteiger partial charge in [0.25, 0.3) is 0 Å². The van der Waals surface area contributed by atoms with Crippen molar-refractivity contribution in [3.05, 3.63) is 78.9 Å². The Balaban J connectivity index is 0.999. The predicted molar refractivity (Wildman–Crippen MR) is 184 cm³/mol. The van der Waals surface area contributed by atoms with Gasteiger partial charge in [0.05, 0.1) is 11.2 Å². The summed E-state index contributed by atoms with van der Waals surface area (Å²) >= 11 is 0. The number of aromatic nitrogens is 4. The zero-order chi connectivity index (χ0) is 31.8. The maximum Gasteiger partial charge on any atom is 0.223 e. The van der Waals surface area contributed by atoms with E-state index in [4.69, 9.17) is 15.7 Å². The lowest BCUT2D eigenvalue weighted by atomic mass is 9.79. The number of anilines is 1. The summed E-state index contributed by atoms with van der Waals surface area (Å²) in [6, 6.07) is 21.3. The topological polar surface area (TPSA) is 105 Å². The molecule has 7 rings (SSSR count). The highest BCUT2D eigenvalue weighted by Crippen LogP contribution is 2.40. The van der Waals surface area contributed by atoms with Gasteiger partial charge in [-0.25, -0.2) is 15.0 Å². The molecule has 1 aliphatic heterocycles. The molecule has 1 amide bonds. The molecule has 1 saturated carbocycles. The molecule has 4 heterocycles. The van der Waals surface area contributed by atoms with E-state index in [0.717, 1.165) is 96.9 Å². The summed E-state index contributed by atoms with van der Waals surface area (Å²) in [5.41, 5.74) is 12.2. The van der Waals surface area contributed by atoms with Crippen LogP contribution in [-0.4, -0.2) is 80.4 Å². The number of imidazole rings is 1. The molecule has 0 unspecified atom stereocenters. The normalized spacial score (nSPS) is 19.1. The number of hydrogen-bond donors (Lipinski definition) is 2. The number of piperazine rings is 1. The number of rotatable bonds is 8. The number of nitrogens with two attached hydrogens (primary N) is 1. The second-order valence-corrected chi connectivity index (χ2v) is 14.1. The van der Waals surface area contributed by atoms with E-state index in [9.17, 15) is 4.79 Å². The first-order chi connectivity index (χ1) is 22.2. The van der Waals surface area contributed by atoms with E-state index >= 15 is 0 Å². The molecule has 0 radical (unpaired) electrons. The van der Waals surface area contributed by atoms with E-state index in [1.165, 1.54) is 0 Å². The molecule has 2 fully saturated rings. The van der Waals surface area contributed by atoms with Crippen LogP contribution in [0.2, 0.25) is 0 Å². The second kappa shape index (κ2) is 12.5. The first-order valence-corrected chi connectivity index (χ1v) is 16.5. The van der Waals surface area contributed by atoms with Crippen LogP contribution in [0.4, 0.5) is 5.82 Å². The van der Waals surface area contributed by atoms with Crippen LogP contribution in [0.5, 0.6) is 0 Å². The molecule has 5 aromatic rings. The van der Waals surface area contributed by atoms with Crippen LogP contribution in [0.1, 0.15) is 51.8 Å². The average molecular weight is 617 g/mol. The lowest BCUT2D eigenvalue weighted by Crippen LogP contribution is -2.51. The first kappa shape index (κ1) is 30.3. The third-order valence-electron chi connectivity index (χ3n) is 9.42. The number of fused-ring (bicyclic) bond motifs is 2. The summed E-state index contributed by atoms with van der Waals surface area (Å²) in [6.45, 7) is 11.9. The van der Waals surface area contributed by atoms with Crippen LogP contribution < -0.4 is 11.1 Å². The number of carbonyl (C=O) groups excluding carboxylic acids is 1. The predicted octanol–water partition coefficient (Wildman–Crippen LogP) is 5.61.